The lowest BCUT2D eigenvalue weighted by atomic mass is 10.1. The van der Waals surface area contributed by atoms with Crippen molar-refractivity contribution in [3.63, 3.8) is 0 Å². The monoisotopic (exact) mass is 303 g/mol. The van der Waals surface area contributed by atoms with Crippen LogP contribution in [0.3, 0.4) is 0 Å². The third kappa shape index (κ3) is 2.61. The number of aryl methyl sites for hydroxylation is 2. The molecule has 1 aliphatic heterocycles. The third-order valence-electron chi connectivity index (χ3n) is 3.59. The number of hydrogen-bond acceptors (Lipinski definition) is 3. The zero-order chi connectivity index (χ0) is 15.0. The van der Waals surface area contributed by atoms with Crippen molar-refractivity contribution in [2.24, 2.45) is 0 Å². The molecule has 1 heterocycles. The van der Waals surface area contributed by atoms with Gasteiger partial charge < -0.3 is 4.74 Å². The summed E-state index contributed by atoms with van der Waals surface area (Å²) in [6.07, 6.45) is 0.814. The van der Waals surface area contributed by atoms with Gasteiger partial charge in [0.1, 0.15) is 5.75 Å². The summed E-state index contributed by atoms with van der Waals surface area (Å²) in [6, 6.07) is 10.9. The molecule has 0 saturated heterocycles. The summed E-state index contributed by atoms with van der Waals surface area (Å²) in [5.74, 6) is 0.645. The van der Waals surface area contributed by atoms with Crippen molar-refractivity contribution in [3.05, 3.63) is 53.1 Å². The van der Waals surface area contributed by atoms with Gasteiger partial charge >= 0.3 is 0 Å². The van der Waals surface area contributed by atoms with Crippen LogP contribution in [-0.4, -0.2) is 15.0 Å². The van der Waals surface area contributed by atoms with Crippen LogP contribution in [0.1, 0.15) is 16.7 Å². The van der Waals surface area contributed by atoms with Gasteiger partial charge in [0.05, 0.1) is 17.2 Å². The molecule has 0 fully saturated rings. The minimum absolute atomic E-state index is 0.304. The van der Waals surface area contributed by atoms with Crippen molar-refractivity contribution in [2.75, 3.05) is 11.3 Å². The van der Waals surface area contributed by atoms with E-state index in [-0.39, 0.29) is 0 Å². The fourth-order valence-electron chi connectivity index (χ4n) is 2.49. The Labute approximate surface area is 124 Å². The first-order valence-electron chi connectivity index (χ1n) is 6.82. The topological polar surface area (TPSA) is 55.4 Å². The molecule has 1 aliphatic rings. The standard InChI is InChI=1S/C16H17NO3S/c1-11-6-7-12(2)15(10-11)21(18,19)17-14-5-3-4-13-8-9-20-16(13)14/h3-7,10,17H,8-9H2,1-2H3. The summed E-state index contributed by atoms with van der Waals surface area (Å²) in [7, 11) is -3.62. The normalized spacial score (nSPS) is 13.6. The molecule has 3 rings (SSSR count). The Kier molecular flexibility index (Phi) is 3.37. The van der Waals surface area contributed by atoms with Crippen molar-refractivity contribution in [1.82, 2.24) is 0 Å². The molecule has 0 aliphatic carbocycles. The van der Waals surface area contributed by atoms with E-state index in [2.05, 4.69) is 4.72 Å². The summed E-state index contributed by atoms with van der Waals surface area (Å²) in [6.45, 7) is 4.26. The Balaban J connectivity index is 2.01. The molecule has 4 nitrogen and oxygen atoms in total. The molecular formula is C16H17NO3S. The molecule has 1 N–H and O–H groups in total. The number of rotatable bonds is 3. The van der Waals surface area contributed by atoms with Gasteiger partial charge in [-0.25, -0.2) is 8.42 Å². The highest BCUT2D eigenvalue weighted by atomic mass is 32.2. The molecule has 5 heteroatoms. The molecule has 0 bridgehead atoms. The largest absolute Gasteiger partial charge is 0.491 e. The van der Waals surface area contributed by atoms with Crippen molar-refractivity contribution >= 4 is 15.7 Å². The zero-order valence-corrected chi connectivity index (χ0v) is 12.8. The number of hydrogen-bond donors (Lipinski definition) is 1. The molecule has 110 valence electrons. The Bertz CT molecular complexity index is 797. The van der Waals surface area contributed by atoms with Crippen LogP contribution in [0.5, 0.6) is 5.75 Å². The van der Waals surface area contributed by atoms with Crippen LogP contribution in [0.25, 0.3) is 0 Å². The molecule has 2 aromatic carbocycles. The molecular weight excluding hydrogens is 286 g/mol. The maximum Gasteiger partial charge on any atom is 0.262 e. The highest BCUT2D eigenvalue weighted by Gasteiger charge is 2.22. The van der Waals surface area contributed by atoms with Gasteiger partial charge in [0.15, 0.2) is 0 Å². The summed E-state index contributed by atoms with van der Waals surface area (Å²) in [5, 5.41) is 0. The summed E-state index contributed by atoms with van der Waals surface area (Å²) in [5.41, 5.74) is 3.18. The van der Waals surface area contributed by atoms with Gasteiger partial charge in [-0.3, -0.25) is 4.72 Å². The molecule has 0 aromatic heterocycles. The predicted octanol–water partition coefficient (Wildman–Crippen LogP) is 3.04. The highest BCUT2D eigenvalue weighted by Crippen LogP contribution is 2.35. The first kappa shape index (κ1) is 13.9. The Morgan fingerprint density at radius 2 is 1.95 bits per heavy atom. The van der Waals surface area contributed by atoms with Crippen LogP contribution in [0.4, 0.5) is 5.69 Å². The molecule has 0 unspecified atom stereocenters. The maximum absolute atomic E-state index is 12.6. The number of anilines is 1. The van der Waals surface area contributed by atoms with Crippen molar-refractivity contribution in [3.8, 4) is 5.75 Å². The van der Waals surface area contributed by atoms with Gasteiger partial charge in [-0.1, -0.05) is 24.3 Å². The second-order valence-electron chi connectivity index (χ2n) is 5.27. The van der Waals surface area contributed by atoms with Crippen LogP contribution < -0.4 is 9.46 Å². The van der Waals surface area contributed by atoms with Crippen LogP contribution in [0.2, 0.25) is 0 Å². The van der Waals surface area contributed by atoms with Crippen LogP contribution in [0.15, 0.2) is 41.3 Å². The number of nitrogens with one attached hydrogen (secondary N) is 1. The number of sulfonamides is 1. The van der Waals surface area contributed by atoms with Gasteiger partial charge in [-0.2, -0.15) is 0 Å². The lowest BCUT2D eigenvalue weighted by Crippen LogP contribution is -2.15. The van der Waals surface area contributed by atoms with E-state index >= 15 is 0 Å². The van der Waals surface area contributed by atoms with Gasteiger partial charge in [-0.05, 0) is 42.7 Å². The van der Waals surface area contributed by atoms with E-state index in [0.29, 0.717) is 22.9 Å². The quantitative estimate of drug-likeness (QED) is 0.948. The fourth-order valence-corrected chi connectivity index (χ4v) is 3.89. The molecule has 0 radical (unpaired) electrons. The van der Waals surface area contributed by atoms with Crippen molar-refractivity contribution in [2.45, 2.75) is 25.2 Å². The van der Waals surface area contributed by atoms with E-state index in [1.54, 1.807) is 19.1 Å². The van der Waals surface area contributed by atoms with Crippen LogP contribution >= 0.6 is 0 Å². The van der Waals surface area contributed by atoms with Crippen LogP contribution in [0, 0.1) is 13.8 Å². The molecule has 2 aromatic rings. The summed E-state index contributed by atoms with van der Waals surface area (Å²) >= 11 is 0. The van der Waals surface area contributed by atoms with Crippen molar-refractivity contribution in [1.29, 1.82) is 0 Å². The summed E-state index contributed by atoms with van der Waals surface area (Å²) in [4.78, 5) is 0.304. The first-order chi connectivity index (χ1) is 9.97. The van der Waals surface area contributed by atoms with E-state index in [4.69, 9.17) is 4.74 Å². The minimum atomic E-state index is -3.62. The van der Waals surface area contributed by atoms with Crippen molar-refractivity contribution < 1.29 is 13.2 Å². The average molecular weight is 303 g/mol. The Morgan fingerprint density at radius 1 is 1.14 bits per heavy atom. The second kappa shape index (κ2) is 5.07. The van der Waals surface area contributed by atoms with E-state index in [1.807, 2.05) is 31.2 Å². The zero-order valence-electron chi connectivity index (χ0n) is 12.0. The number of fused-ring (bicyclic) bond motifs is 1. The van der Waals surface area contributed by atoms with E-state index < -0.39 is 10.0 Å². The summed E-state index contributed by atoms with van der Waals surface area (Å²) < 4.78 is 33.4. The lowest BCUT2D eigenvalue weighted by molar-refractivity contribution is 0.358. The smallest absolute Gasteiger partial charge is 0.262 e. The SMILES string of the molecule is Cc1ccc(C)c(S(=O)(=O)Nc2cccc3c2OCC3)c1. The predicted molar refractivity (Wildman–Crippen MR) is 82.4 cm³/mol. The molecule has 0 spiro atoms. The molecule has 0 saturated carbocycles. The van der Waals surface area contributed by atoms with Gasteiger partial charge in [0.25, 0.3) is 10.0 Å². The van der Waals surface area contributed by atoms with Crippen LogP contribution in [-0.2, 0) is 16.4 Å². The molecule has 21 heavy (non-hydrogen) atoms. The lowest BCUT2D eigenvalue weighted by Gasteiger charge is -2.13. The number of benzene rings is 2. The molecule has 0 amide bonds. The highest BCUT2D eigenvalue weighted by molar-refractivity contribution is 7.92. The maximum atomic E-state index is 12.6. The van der Waals surface area contributed by atoms with E-state index in [9.17, 15) is 8.42 Å². The Hall–Kier alpha value is -2.01. The second-order valence-corrected chi connectivity index (χ2v) is 6.92. The van der Waals surface area contributed by atoms with E-state index in [1.165, 1.54) is 0 Å². The average Bonchev–Trinajstić information content (AvgIpc) is 2.90. The van der Waals surface area contributed by atoms with Gasteiger partial charge in [0, 0.05) is 6.42 Å². The van der Waals surface area contributed by atoms with Gasteiger partial charge in [-0.15, -0.1) is 0 Å². The number of ether oxygens (including phenoxy) is 1. The third-order valence-corrected chi connectivity index (χ3v) is 5.10. The van der Waals surface area contributed by atoms with E-state index in [0.717, 1.165) is 23.1 Å². The Morgan fingerprint density at radius 3 is 2.76 bits per heavy atom. The molecule has 0 atom stereocenters. The number of para-hydroxylation sites is 1. The minimum Gasteiger partial charge on any atom is -0.491 e. The first-order valence-corrected chi connectivity index (χ1v) is 8.30. The van der Waals surface area contributed by atoms with Gasteiger partial charge in [0.2, 0.25) is 0 Å². The fraction of sp³-hybridized carbons (Fsp3) is 0.250.